The summed E-state index contributed by atoms with van der Waals surface area (Å²) in [6.07, 6.45) is 3.18. The topological polar surface area (TPSA) is 62.3 Å². The van der Waals surface area contributed by atoms with E-state index in [1.807, 2.05) is 24.3 Å². The van der Waals surface area contributed by atoms with Crippen molar-refractivity contribution in [1.82, 2.24) is 4.98 Å². The van der Waals surface area contributed by atoms with Gasteiger partial charge in [-0.2, -0.15) is 0 Å². The Morgan fingerprint density at radius 1 is 1.23 bits per heavy atom. The van der Waals surface area contributed by atoms with E-state index in [1.54, 1.807) is 38.5 Å². The zero-order valence-corrected chi connectivity index (χ0v) is 13.1. The molecule has 1 N–H and O–H groups in total. The van der Waals surface area contributed by atoms with Gasteiger partial charge < -0.3 is 10.2 Å². The van der Waals surface area contributed by atoms with Crippen LogP contribution in [0.3, 0.4) is 0 Å². The third-order valence-corrected chi connectivity index (χ3v) is 4.96. The largest absolute Gasteiger partial charge is 0.324 e. The Hall–Kier alpha value is -2.34. The lowest BCUT2D eigenvalue weighted by Gasteiger charge is -2.36. The smallest absolute Gasteiger partial charge is 0.252 e. The van der Waals surface area contributed by atoms with Gasteiger partial charge in [0, 0.05) is 30.0 Å². The highest BCUT2D eigenvalue weighted by molar-refractivity contribution is 8.02. The molecule has 0 bridgehead atoms. The van der Waals surface area contributed by atoms with Crippen LogP contribution in [0.15, 0.2) is 53.7 Å². The van der Waals surface area contributed by atoms with E-state index >= 15 is 0 Å². The van der Waals surface area contributed by atoms with Gasteiger partial charge in [-0.15, -0.1) is 0 Å². The molecule has 0 fully saturated rings. The van der Waals surface area contributed by atoms with E-state index in [9.17, 15) is 9.59 Å². The van der Waals surface area contributed by atoms with Crippen LogP contribution >= 0.6 is 11.8 Å². The third kappa shape index (κ3) is 2.35. The molecule has 1 aliphatic heterocycles. The zero-order chi connectivity index (χ0) is 15.7. The lowest BCUT2D eigenvalue weighted by Crippen LogP contribution is -2.53. The molecule has 3 rings (SSSR count). The Bertz CT molecular complexity index is 735. The Labute approximate surface area is 132 Å². The summed E-state index contributed by atoms with van der Waals surface area (Å²) in [7, 11) is 1.69. The molecule has 2 amide bonds. The fraction of sp³-hybridized carbons (Fsp3) is 0.188. The minimum Gasteiger partial charge on any atom is -0.324 e. The molecule has 1 aromatic carbocycles. The first-order valence-corrected chi connectivity index (χ1v) is 7.62. The first-order chi connectivity index (χ1) is 10.5. The van der Waals surface area contributed by atoms with Crippen LogP contribution in [0.4, 0.5) is 11.4 Å². The van der Waals surface area contributed by atoms with E-state index in [4.69, 9.17) is 0 Å². The maximum absolute atomic E-state index is 12.7. The zero-order valence-electron chi connectivity index (χ0n) is 12.2. The van der Waals surface area contributed by atoms with Gasteiger partial charge >= 0.3 is 0 Å². The molecule has 2 heterocycles. The number of fused-ring (bicyclic) bond motifs is 1. The number of nitrogens with zero attached hydrogens (tertiary/aromatic N) is 2. The number of pyridine rings is 1. The normalized spacial score (nSPS) is 20.5. The molecule has 1 aliphatic rings. The molecule has 5 nitrogen and oxygen atoms in total. The summed E-state index contributed by atoms with van der Waals surface area (Å²) in [4.78, 5) is 31.7. The van der Waals surface area contributed by atoms with Crippen molar-refractivity contribution in [3.8, 4) is 0 Å². The quantitative estimate of drug-likeness (QED) is 0.866. The van der Waals surface area contributed by atoms with E-state index < -0.39 is 4.75 Å². The Morgan fingerprint density at radius 3 is 2.64 bits per heavy atom. The molecule has 22 heavy (non-hydrogen) atoms. The number of rotatable bonds is 2. The minimum absolute atomic E-state index is 0.234. The summed E-state index contributed by atoms with van der Waals surface area (Å²) < 4.78 is -1.20. The summed E-state index contributed by atoms with van der Waals surface area (Å²) in [5.74, 6) is -0.571. The van der Waals surface area contributed by atoms with Crippen LogP contribution in [0.25, 0.3) is 0 Å². The highest BCUT2D eigenvalue weighted by Crippen LogP contribution is 2.45. The van der Waals surface area contributed by atoms with Crippen LogP contribution < -0.4 is 10.2 Å². The van der Waals surface area contributed by atoms with Crippen molar-refractivity contribution in [3.05, 3.63) is 48.8 Å². The van der Waals surface area contributed by atoms with Crippen LogP contribution in [0, 0.1) is 0 Å². The highest BCUT2D eigenvalue weighted by atomic mass is 32.2. The predicted molar refractivity (Wildman–Crippen MR) is 87.0 cm³/mol. The first kappa shape index (κ1) is 14.6. The van der Waals surface area contributed by atoms with Crippen molar-refractivity contribution in [2.24, 2.45) is 0 Å². The molecule has 0 spiro atoms. The van der Waals surface area contributed by atoms with Crippen molar-refractivity contribution in [2.45, 2.75) is 16.6 Å². The first-order valence-electron chi connectivity index (χ1n) is 6.80. The minimum atomic E-state index is -1.20. The molecule has 1 atom stereocenters. The van der Waals surface area contributed by atoms with E-state index in [-0.39, 0.29) is 11.8 Å². The number of aromatic nitrogens is 1. The van der Waals surface area contributed by atoms with Crippen molar-refractivity contribution < 1.29 is 9.59 Å². The highest BCUT2D eigenvalue weighted by Gasteiger charge is 2.48. The van der Waals surface area contributed by atoms with Crippen LogP contribution in [0.2, 0.25) is 0 Å². The summed E-state index contributed by atoms with van der Waals surface area (Å²) in [6, 6.07) is 11.0. The number of hydrogen-bond donors (Lipinski definition) is 1. The molecule has 0 aliphatic carbocycles. The molecule has 0 radical (unpaired) electrons. The predicted octanol–water partition coefficient (Wildman–Crippen LogP) is 2.55. The van der Waals surface area contributed by atoms with E-state index in [1.165, 1.54) is 16.7 Å². The Kier molecular flexibility index (Phi) is 3.62. The molecule has 1 unspecified atom stereocenters. The fourth-order valence-corrected chi connectivity index (χ4v) is 3.61. The van der Waals surface area contributed by atoms with Gasteiger partial charge in [-0.1, -0.05) is 23.9 Å². The number of benzene rings is 1. The number of carbonyl (C=O) groups excluding carboxylic acids is 2. The number of thioether (sulfide) groups is 1. The molecular weight excluding hydrogens is 298 g/mol. The van der Waals surface area contributed by atoms with Gasteiger partial charge in [0.25, 0.3) is 5.91 Å². The van der Waals surface area contributed by atoms with Gasteiger partial charge in [-0.05, 0) is 31.2 Å². The number of para-hydroxylation sites is 1. The summed E-state index contributed by atoms with van der Waals surface area (Å²) in [5, 5.41) is 2.79. The Morgan fingerprint density at radius 2 is 1.91 bits per heavy atom. The second-order valence-corrected chi connectivity index (χ2v) is 6.62. The van der Waals surface area contributed by atoms with Gasteiger partial charge in [0.2, 0.25) is 5.91 Å². The summed E-state index contributed by atoms with van der Waals surface area (Å²) in [6.45, 7) is 1.66. The van der Waals surface area contributed by atoms with Crippen molar-refractivity contribution in [2.75, 3.05) is 17.3 Å². The number of carbonyl (C=O) groups is 2. The summed E-state index contributed by atoms with van der Waals surface area (Å²) in [5.41, 5.74) is 1.45. The average molecular weight is 313 g/mol. The SMILES string of the molecule is CN1C(=O)C(C)(C(=O)Nc2ccncc2)Sc2ccccc21. The number of anilines is 2. The second kappa shape index (κ2) is 5.46. The van der Waals surface area contributed by atoms with Crippen LogP contribution in [-0.4, -0.2) is 28.6 Å². The van der Waals surface area contributed by atoms with Crippen LogP contribution in [0.1, 0.15) is 6.92 Å². The number of nitrogens with one attached hydrogen (secondary N) is 1. The Balaban J connectivity index is 1.92. The molecule has 1 aromatic heterocycles. The van der Waals surface area contributed by atoms with E-state index in [0.29, 0.717) is 5.69 Å². The van der Waals surface area contributed by atoms with Crippen molar-refractivity contribution in [3.63, 3.8) is 0 Å². The summed E-state index contributed by atoms with van der Waals surface area (Å²) >= 11 is 1.28. The maximum Gasteiger partial charge on any atom is 0.252 e. The molecule has 0 saturated heterocycles. The van der Waals surface area contributed by atoms with Crippen LogP contribution in [-0.2, 0) is 9.59 Å². The molecule has 2 aromatic rings. The number of hydrogen-bond acceptors (Lipinski definition) is 4. The van der Waals surface area contributed by atoms with Gasteiger partial charge in [-0.25, -0.2) is 0 Å². The van der Waals surface area contributed by atoms with E-state index in [0.717, 1.165) is 10.6 Å². The van der Waals surface area contributed by atoms with Crippen molar-refractivity contribution in [1.29, 1.82) is 0 Å². The maximum atomic E-state index is 12.7. The molecule has 6 heteroatoms. The van der Waals surface area contributed by atoms with E-state index in [2.05, 4.69) is 10.3 Å². The lowest BCUT2D eigenvalue weighted by molar-refractivity contribution is -0.128. The van der Waals surface area contributed by atoms with Crippen molar-refractivity contribution >= 4 is 35.0 Å². The van der Waals surface area contributed by atoms with Gasteiger partial charge in [0.05, 0.1) is 5.69 Å². The van der Waals surface area contributed by atoms with Gasteiger partial charge in [-0.3, -0.25) is 14.6 Å². The molecule has 0 saturated carbocycles. The lowest BCUT2D eigenvalue weighted by atomic mass is 10.1. The average Bonchev–Trinajstić information content (AvgIpc) is 2.54. The van der Waals surface area contributed by atoms with Gasteiger partial charge in [0.1, 0.15) is 0 Å². The molecule has 112 valence electrons. The fourth-order valence-electron chi connectivity index (χ4n) is 2.34. The monoisotopic (exact) mass is 313 g/mol. The standard InChI is InChI=1S/C16H15N3O2S/c1-16(14(20)18-11-7-9-17-10-8-11)15(21)19(2)12-5-3-4-6-13(12)22-16/h3-10H,1-2H3,(H,17,18,20). The van der Waals surface area contributed by atoms with Gasteiger partial charge in [0.15, 0.2) is 4.75 Å². The third-order valence-electron chi connectivity index (χ3n) is 3.62. The number of amides is 2. The second-order valence-electron chi connectivity index (χ2n) is 5.16. The van der Waals surface area contributed by atoms with Crippen LogP contribution in [0.5, 0.6) is 0 Å². The molecular formula is C16H15N3O2S.